The summed E-state index contributed by atoms with van der Waals surface area (Å²) in [6.07, 6.45) is 3.34. The molecule has 5 rings (SSSR count). The van der Waals surface area contributed by atoms with E-state index in [0.29, 0.717) is 48.6 Å². The van der Waals surface area contributed by atoms with Gasteiger partial charge in [0.05, 0.1) is 37.3 Å². The van der Waals surface area contributed by atoms with Crippen LogP contribution >= 0.6 is 0 Å². The molecule has 4 heterocycles. The highest BCUT2D eigenvalue weighted by atomic mass is 16.5. The van der Waals surface area contributed by atoms with Crippen molar-refractivity contribution in [3.63, 3.8) is 0 Å². The highest BCUT2D eigenvalue weighted by Crippen LogP contribution is 2.38. The first-order valence-electron chi connectivity index (χ1n) is 10.3. The molecule has 0 N–H and O–H groups in total. The molecule has 0 saturated carbocycles. The Balaban J connectivity index is 1.59. The normalized spacial score (nSPS) is 19.1. The molecule has 31 heavy (non-hydrogen) atoms. The average Bonchev–Trinajstić information content (AvgIpc) is 3.10. The number of fused-ring (bicyclic) bond motifs is 2. The van der Waals surface area contributed by atoms with Gasteiger partial charge in [-0.1, -0.05) is 0 Å². The van der Waals surface area contributed by atoms with Crippen LogP contribution in [-0.2, 0) is 4.74 Å². The minimum atomic E-state index is -0.505. The van der Waals surface area contributed by atoms with Crippen LogP contribution in [0.2, 0.25) is 0 Å². The van der Waals surface area contributed by atoms with Crippen molar-refractivity contribution in [2.45, 2.75) is 6.04 Å². The number of morpholine rings is 1. The topological polar surface area (TPSA) is 85.1 Å². The van der Waals surface area contributed by atoms with E-state index < -0.39 is 6.04 Å². The first-order chi connectivity index (χ1) is 15.2. The minimum absolute atomic E-state index is 0.106. The fraction of sp³-hybridized carbons (Fsp3) is 0.348. The number of carbonyl (C=O) groups is 1. The largest absolute Gasteiger partial charge is 0.497 e. The van der Waals surface area contributed by atoms with E-state index in [1.54, 1.807) is 42.6 Å². The first kappa shape index (κ1) is 19.7. The summed E-state index contributed by atoms with van der Waals surface area (Å²) in [5.41, 5.74) is 1.38. The monoisotopic (exact) mass is 421 g/mol. The van der Waals surface area contributed by atoms with Crippen molar-refractivity contribution in [3.05, 3.63) is 69.8 Å². The van der Waals surface area contributed by atoms with Gasteiger partial charge in [0.1, 0.15) is 11.3 Å². The molecular formula is C23H23N3O5. The number of hydrogen-bond donors (Lipinski definition) is 0. The lowest BCUT2D eigenvalue weighted by Crippen LogP contribution is -2.42. The summed E-state index contributed by atoms with van der Waals surface area (Å²) in [7, 11) is 1.55. The second kappa shape index (κ2) is 8.13. The van der Waals surface area contributed by atoms with Crippen LogP contribution in [0.4, 0.5) is 0 Å². The Kier molecular flexibility index (Phi) is 5.17. The Morgan fingerprint density at radius 2 is 1.87 bits per heavy atom. The standard InChI is InChI=1S/C23H23N3O5/c1-29-16-2-3-17-18(14-16)31-22-19(21(17)27)20(15-4-6-24-7-5-15)26(23(22)28)9-8-25-10-12-30-13-11-25/h2-7,14,20H,8-13H2,1H3/t20-/m1/s1. The number of amides is 1. The van der Waals surface area contributed by atoms with E-state index in [1.807, 2.05) is 12.1 Å². The molecule has 160 valence electrons. The zero-order valence-electron chi connectivity index (χ0n) is 17.2. The third-order valence-electron chi connectivity index (χ3n) is 5.96. The maximum Gasteiger partial charge on any atom is 0.290 e. The van der Waals surface area contributed by atoms with E-state index in [0.717, 1.165) is 18.7 Å². The van der Waals surface area contributed by atoms with Crippen LogP contribution in [0.1, 0.15) is 27.7 Å². The number of methoxy groups -OCH3 is 1. The van der Waals surface area contributed by atoms with Crippen molar-refractivity contribution in [1.82, 2.24) is 14.8 Å². The Morgan fingerprint density at radius 1 is 1.10 bits per heavy atom. The summed E-state index contributed by atoms with van der Waals surface area (Å²) in [5, 5.41) is 0.432. The zero-order valence-corrected chi connectivity index (χ0v) is 17.2. The molecule has 0 unspecified atom stereocenters. The van der Waals surface area contributed by atoms with Gasteiger partial charge in [0, 0.05) is 44.6 Å². The van der Waals surface area contributed by atoms with Crippen LogP contribution in [0.3, 0.4) is 0 Å². The smallest absolute Gasteiger partial charge is 0.290 e. The van der Waals surface area contributed by atoms with Gasteiger partial charge in [0.2, 0.25) is 5.76 Å². The number of ether oxygens (including phenoxy) is 2. The van der Waals surface area contributed by atoms with Crippen LogP contribution < -0.4 is 10.2 Å². The average molecular weight is 421 g/mol. The molecule has 1 amide bonds. The highest BCUT2D eigenvalue weighted by Gasteiger charge is 2.42. The van der Waals surface area contributed by atoms with E-state index in [1.165, 1.54) is 0 Å². The molecule has 8 heteroatoms. The minimum Gasteiger partial charge on any atom is -0.497 e. The molecule has 1 fully saturated rings. The summed E-state index contributed by atoms with van der Waals surface area (Å²) >= 11 is 0. The fourth-order valence-electron chi connectivity index (χ4n) is 4.32. The number of hydrogen-bond acceptors (Lipinski definition) is 7. The Labute approximate surface area is 179 Å². The second-order valence-corrected chi connectivity index (χ2v) is 7.67. The molecule has 0 spiro atoms. The van der Waals surface area contributed by atoms with Crippen LogP contribution in [0.25, 0.3) is 11.0 Å². The van der Waals surface area contributed by atoms with E-state index >= 15 is 0 Å². The van der Waals surface area contributed by atoms with E-state index in [-0.39, 0.29) is 17.1 Å². The Bertz CT molecular complexity index is 1170. The summed E-state index contributed by atoms with van der Waals surface area (Å²) in [6.45, 7) is 4.22. The molecule has 0 aliphatic carbocycles. The van der Waals surface area contributed by atoms with Gasteiger partial charge in [-0.05, 0) is 29.8 Å². The third kappa shape index (κ3) is 3.47. The maximum atomic E-state index is 13.5. The molecule has 2 aliphatic rings. The summed E-state index contributed by atoms with van der Waals surface area (Å²) in [6, 6.07) is 8.22. The quantitative estimate of drug-likeness (QED) is 0.624. The van der Waals surface area contributed by atoms with Gasteiger partial charge in [-0.2, -0.15) is 0 Å². The number of benzene rings is 1. The molecule has 0 bridgehead atoms. The fourth-order valence-corrected chi connectivity index (χ4v) is 4.32. The van der Waals surface area contributed by atoms with Crippen molar-refractivity contribution >= 4 is 16.9 Å². The van der Waals surface area contributed by atoms with Gasteiger partial charge in [-0.15, -0.1) is 0 Å². The van der Waals surface area contributed by atoms with Gasteiger partial charge in [-0.25, -0.2) is 0 Å². The number of aromatic nitrogens is 1. The van der Waals surface area contributed by atoms with Gasteiger partial charge in [0.25, 0.3) is 5.91 Å². The lowest BCUT2D eigenvalue weighted by Gasteiger charge is -2.31. The predicted octanol–water partition coefficient (Wildman–Crippen LogP) is 2.07. The highest BCUT2D eigenvalue weighted by molar-refractivity contribution is 5.99. The van der Waals surface area contributed by atoms with E-state index in [4.69, 9.17) is 13.9 Å². The van der Waals surface area contributed by atoms with E-state index in [2.05, 4.69) is 9.88 Å². The lowest BCUT2D eigenvalue weighted by molar-refractivity contribution is 0.0314. The summed E-state index contributed by atoms with van der Waals surface area (Å²) in [4.78, 5) is 35.0. The van der Waals surface area contributed by atoms with Crippen molar-refractivity contribution in [2.24, 2.45) is 0 Å². The van der Waals surface area contributed by atoms with Crippen molar-refractivity contribution < 1.29 is 18.7 Å². The second-order valence-electron chi connectivity index (χ2n) is 7.67. The molecular weight excluding hydrogens is 398 g/mol. The summed E-state index contributed by atoms with van der Waals surface area (Å²) in [5.74, 6) is 0.400. The Hall–Kier alpha value is -3.23. The Morgan fingerprint density at radius 3 is 2.61 bits per heavy atom. The SMILES string of the molecule is COc1ccc2c(=O)c3c(oc2c1)C(=O)N(CCN1CCOCC1)[C@@H]3c1ccncc1. The van der Waals surface area contributed by atoms with Crippen LogP contribution in [0.5, 0.6) is 5.75 Å². The number of pyridine rings is 1. The summed E-state index contributed by atoms with van der Waals surface area (Å²) < 4.78 is 16.7. The lowest BCUT2D eigenvalue weighted by atomic mass is 9.99. The van der Waals surface area contributed by atoms with Crippen molar-refractivity contribution in [1.29, 1.82) is 0 Å². The zero-order chi connectivity index (χ0) is 21.4. The molecule has 2 aliphatic heterocycles. The number of rotatable bonds is 5. The molecule has 2 aromatic heterocycles. The van der Waals surface area contributed by atoms with Crippen molar-refractivity contribution in [2.75, 3.05) is 46.5 Å². The van der Waals surface area contributed by atoms with Crippen molar-refractivity contribution in [3.8, 4) is 5.75 Å². The van der Waals surface area contributed by atoms with Crippen LogP contribution in [0, 0.1) is 0 Å². The maximum absolute atomic E-state index is 13.5. The molecule has 1 aromatic carbocycles. The molecule has 1 saturated heterocycles. The van der Waals surface area contributed by atoms with Crippen LogP contribution in [-0.4, -0.2) is 67.2 Å². The van der Waals surface area contributed by atoms with Crippen LogP contribution in [0.15, 0.2) is 51.9 Å². The number of carbonyl (C=O) groups excluding carboxylic acids is 1. The number of nitrogens with zero attached hydrogens (tertiary/aromatic N) is 3. The molecule has 0 radical (unpaired) electrons. The van der Waals surface area contributed by atoms with Gasteiger partial charge in [-0.3, -0.25) is 19.5 Å². The van der Waals surface area contributed by atoms with Gasteiger partial charge in [0.15, 0.2) is 5.43 Å². The van der Waals surface area contributed by atoms with Gasteiger partial charge < -0.3 is 18.8 Å². The first-order valence-corrected chi connectivity index (χ1v) is 10.3. The predicted molar refractivity (Wildman–Crippen MR) is 113 cm³/mol. The third-order valence-corrected chi connectivity index (χ3v) is 5.96. The van der Waals surface area contributed by atoms with Gasteiger partial charge >= 0.3 is 0 Å². The molecule has 8 nitrogen and oxygen atoms in total. The molecule has 3 aromatic rings. The molecule has 1 atom stereocenters. The van der Waals surface area contributed by atoms with E-state index in [9.17, 15) is 9.59 Å².